The van der Waals surface area contributed by atoms with Crippen molar-refractivity contribution in [2.24, 2.45) is 5.92 Å². The highest BCUT2D eigenvalue weighted by atomic mass is 16.6. The Morgan fingerprint density at radius 3 is 2.72 bits per heavy atom. The monoisotopic (exact) mass is 247 g/mol. The van der Waals surface area contributed by atoms with Gasteiger partial charge in [-0.25, -0.2) is 0 Å². The predicted molar refractivity (Wildman–Crippen MR) is 72.5 cm³/mol. The average Bonchev–Trinajstić information content (AvgIpc) is 2.34. The molecule has 1 aliphatic carbocycles. The van der Waals surface area contributed by atoms with Gasteiger partial charge in [0.05, 0.1) is 0 Å². The van der Waals surface area contributed by atoms with Crippen LogP contribution in [-0.4, -0.2) is 19.3 Å². The lowest BCUT2D eigenvalue weighted by Gasteiger charge is -2.29. The van der Waals surface area contributed by atoms with Crippen molar-refractivity contribution in [3.05, 3.63) is 18.2 Å². The molecule has 1 heterocycles. The van der Waals surface area contributed by atoms with Gasteiger partial charge >= 0.3 is 0 Å². The maximum atomic E-state index is 5.59. The molecule has 1 atom stereocenters. The van der Waals surface area contributed by atoms with Crippen molar-refractivity contribution in [3.63, 3.8) is 0 Å². The Bertz CT molecular complexity index is 415. The van der Waals surface area contributed by atoms with Crippen LogP contribution in [-0.2, 0) is 0 Å². The van der Waals surface area contributed by atoms with E-state index in [1.165, 1.54) is 25.7 Å². The Morgan fingerprint density at radius 1 is 1.22 bits per heavy atom. The van der Waals surface area contributed by atoms with E-state index in [0.29, 0.717) is 19.3 Å². The highest BCUT2D eigenvalue weighted by Gasteiger charge is 2.20. The Balaban J connectivity index is 1.61. The number of benzene rings is 1. The largest absolute Gasteiger partial charge is 0.486 e. The third-order valence-corrected chi connectivity index (χ3v) is 3.87. The number of hydrogen-bond donors (Lipinski definition) is 1. The smallest absolute Gasteiger partial charge is 0.163 e. The topological polar surface area (TPSA) is 30.5 Å². The second-order valence-electron chi connectivity index (χ2n) is 5.44. The zero-order valence-electron chi connectivity index (χ0n) is 10.9. The van der Waals surface area contributed by atoms with Crippen molar-refractivity contribution in [3.8, 4) is 11.5 Å². The second kappa shape index (κ2) is 5.09. The van der Waals surface area contributed by atoms with Gasteiger partial charge in [0.2, 0.25) is 0 Å². The molecule has 1 fully saturated rings. The van der Waals surface area contributed by atoms with E-state index in [2.05, 4.69) is 18.3 Å². The van der Waals surface area contributed by atoms with Gasteiger partial charge in [0, 0.05) is 17.8 Å². The van der Waals surface area contributed by atoms with Crippen LogP contribution in [0.1, 0.15) is 32.6 Å². The fourth-order valence-electron chi connectivity index (χ4n) is 2.71. The van der Waals surface area contributed by atoms with E-state index in [0.717, 1.165) is 23.1 Å². The first-order valence-electron chi connectivity index (χ1n) is 6.97. The lowest BCUT2D eigenvalue weighted by molar-refractivity contribution is 0.171. The molecule has 1 aliphatic heterocycles. The highest BCUT2D eigenvalue weighted by molar-refractivity contribution is 5.55. The van der Waals surface area contributed by atoms with Crippen LogP contribution < -0.4 is 14.8 Å². The first kappa shape index (κ1) is 11.7. The number of nitrogens with one attached hydrogen (secondary N) is 1. The van der Waals surface area contributed by atoms with Crippen LogP contribution in [0.25, 0.3) is 0 Å². The summed E-state index contributed by atoms with van der Waals surface area (Å²) in [6, 6.07) is 6.64. The average molecular weight is 247 g/mol. The number of ether oxygens (including phenoxy) is 2. The summed E-state index contributed by atoms with van der Waals surface area (Å²) in [7, 11) is 0. The molecular formula is C15H21NO2. The quantitative estimate of drug-likeness (QED) is 0.884. The van der Waals surface area contributed by atoms with Gasteiger partial charge in [-0.3, -0.25) is 0 Å². The van der Waals surface area contributed by atoms with Crippen LogP contribution in [0.2, 0.25) is 0 Å². The van der Waals surface area contributed by atoms with Crippen molar-refractivity contribution < 1.29 is 9.47 Å². The molecule has 0 bridgehead atoms. The summed E-state index contributed by atoms with van der Waals surface area (Å²) < 4.78 is 11.1. The van der Waals surface area contributed by atoms with E-state index in [1.807, 2.05) is 12.1 Å². The molecule has 1 unspecified atom stereocenters. The second-order valence-corrected chi connectivity index (χ2v) is 5.44. The van der Waals surface area contributed by atoms with E-state index in [1.54, 1.807) is 0 Å². The van der Waals surface area contributed by atoms with Crippen molar-refractivity contribution in [2.45, 2.75) is 38.6 Å². The molecule has 98 valence electrons. The van der Waals surface area contributed by atoms with Crippen molar-refractivity contribution in [2.75, 3.05) is 18.5 Å². The van der Waals surface area contributed by atoms with Crippen molar-refractivity contribution in [1.29, 1.82) is 0 Å². The third kappa shape index (κ3) is 2.55. The van der Waals surface area contributed by atoms with Gasteiger partial charge in [-0.1, -0.05) is 19.3 Å². The van der Waals surface area contributed by atoms with Gasteiger partial charge < -0.3 is 14.8 Å². The van der Waals surface area contributed by atoms with E-state index in [4.69, 9.17) is 9.47 Å². The Labute approximate surface area is 108 Å². The van der Waals surface area contributed by atoms with Crippen molar-refractivity contribution >= 4 is 5.69 Å². The van der Waals surface area contributed by atoms with Gasteiger partial charge in [0.1, 0.15) is 13.2 Å². The molecule has 1 aromatic carbocycles. The molecule has 2 aliphatic rings. The lowest BCUT2D eigenvalue weighted by Crippen LogP contribution is -2.23. The molecule has 0 radical (unpaired) electrons. The standard InChI is InChI=1S/C15H21NO2/c1-11(9-12-3-2-4-12)16-13-5-6-14-15(10-13)18-8-7-17-14/h5-6,10-12,16H,2-4,7-9H2,1H3. The van der Waals surface area contributed by atoms with Crippen LogP contribution in [0.15, 0.2) is 18.2 Å². The number of fused-ring (bicyclic) bond motifs is 1. The summed E-state index contributed by atoms with van der Waals surface area (Å²) in [6.45, 7) is 3.56. The predicted octanol–water partition coefficient (Wildman–Crippen LogP) is 3.45. The summed E-state index contributed by atoms with van der Waals surface area (Å²) in [4.78, 5) is 0. The first-order valence-corrected chi connectivity index (χ1v) is 6.97. The molecule has 0 aromatic heterocycles. The van der Waals surface area contributed by atoms with Gasteiger partial charge in [0.25, 0.3) is 0 Å². The Morgan fingerprint density at radius 2 is 2.00 bits per heavy atom. The molecule has 1 aromatic rings. The Kier molecular flexibility index (Phi) is 3.31. The number of rotatable bonds is 4. The zero-order chi connectivity index (χ0) is 12.4. The third-order valence-electron chi connectivity index (χ3n) is 3.87. The molecule has 0 amide bonds. The van der Waals surface area contributed by atoms with E-state index < -0.39 is 0 Å². The van der Waals surface area contributed by atoms with Gasteiger partial charge in [-0.2, -0.15) is 0 Å². The molecular weight excluding hydrogens is 226 g/mol. The molecule has 3 rings (SSSR count). The van der Waals surface area contributed by atoms with Crippen LogP contribution in [0.4, 0.5) is 5.69 Å². The maximum Gasteiger partial charge on any atom is 0.163 e. The molecule has 3 heteroatoms. The minimum absolute atomic E-state index is 0.526. The first-order chi connectivity index (χ1) is 8.81. The minimum Gasteiger partial charge on any atom is -0.486 e. The van der Waals surface area contributed by atoms with Gasteiger partial charge in [-0.15, -0.1) is 0 Å². The molecule has 1 saturated carbocycles. The SMILES string of the molecule is CC(CC1CCC1)Nc1ccc2c(c1)OCCO2. The normalized spacial score (nSPS) is 20.1. The number of hydrogen-bond acceptors (Lipinski definition) is 3. The van der Waals surface area contributed by atoms with Crippen LogP contribution >= 0.6 is 0 Å². The van der Waals surface area contributed by atoms with E-state index in [9.17, 15) is 0 Å². The summed E-state index contributed by atoms with van der Waals surface area (Å²) in [6.07, 6.45) is 5.51. The molecule has 3 nitrogen and oxygen atoms in total. The molecule has 1 N–H and O–H groups in total. The molecule has 18 heavy (non-hydrogen) atoms. The Hall–Kier alpha value is -1.38. The summed E-state index contributed by atoms with van der Waals surface area (Å²) in [5.41, 5.74) is 1.13. The maximum absolute atomic E-state index is 5.59. The number of anilines is 1. The summed E-state index contributed by atoms with van der Waals surface area (Å²) >= 11 is 0. The van der Waals surface area contributed by atoms with Crippen LogP contribution in [0, 0.1) is 5.92 Å². The van der Waals surface area contributed by atoms with Gasteiger partial charge in [0.15, 0.2) is 11.5 Å². The van der Waals surface area contributed by atoms with Crippen LogP contribution in [0.5, 0.6) is 11.5 Å². The molecule has 0 spiro atoms. The summed E-state index contributed by atoms with van der Waals surface area (Å²) in [5.74, 6) is 2.66. The van der Waals surface area contributed by atoms with E-state index in [-0.39, 0.29) is 0 Å². The molecule has 0 saturated heterocycles. The van der Waals surface area contributed by atoms with E-state index >= 15 is 0 Å². The summed E-state index contributed by atoms with van der Waals surface area (Å²) in [5, 5.41) is 3.56. The minimum atomic E-state index is 0.526. The van der Waals surface area contributed by atoms with Crippen LogP contribution in [0.3, 0.4) is 0 Å². The lowest BCUT2D eigenvalue weighted by atomic mass is 9.81. The van der Waals surface area contributed by atoms with Crippen molar-refractivity contribution in [1.82, 2.24) is 0 Å². The fourth-order valence-corrected chi connectivity index (χ4v) is 2.71. The fraction of sp³-hybridized carbons (Fsp3) is 0.600. The highest BCUT2D eigenvalue weighted by Crippen LogP contribution is 2.34. The van der Waals surface area contributed by atoms with Gasteiger partial charge in [-0.05, 0) is 31.4 Å². The zero-order valence-corrected chi connectivity index (χ0v) is 10.9.